The fourth-order valence-corrected chi connectivity index (χ4v) is 4.20. The lowest BCUT2D eigenvalue weighted by Gasteiger charge is -2.28. The SMILES string of the molecule is COc1cccc(S(=O)(=O)NC2CCC(Oc3ncc(F)cn3)CC2)c1. The Kier molecular flexibility index (Phi) is 5.67. The van der Waals surface area contributed by atoms with E-state index in [0.717, 1.165) is 12.4 Å². The first kappa shape index (κ1) is 18.5. The van der Waals surface area contributed by atoms with E-state index in [1.54, 1.807) is 12.1 Å². The van der Waals surface area contributed by atoms with Gasteiger partial charge in [0.2, 0.25) is 10.0 Å². The molecule has 0 spiro atoms. The molecule has 0 atom stereocenters. The topological polar surface area (TPSA) is 90.4 Å². The van der Waals surface area contributed by atoms with Gasteiger partial charge in [0.15, 0.2) is 5.82 Å². The molecule has 1 aromatic heterocycles. The van der Waals surface area contributed by atoms with Gasteiger partial charge in [-0.15, -0.1) is 0 Å². The van der Waals surface area contributed by atoms with E-state index in [0.29, 0.717) is 31.4 Å². The van der Waals surface area contributed by atoms with Crippen LogP contribution in [-0.4, -0.2) is 37.6 Å². The van der Waals surface area contributed by atoms with Crippen LogP contribution in [0.2, 0.25) is 0 Å². The van der Waals surface area contributed by atoms with Crippen LogP contribution in [0, 0.1) is 5.82 Å². The number of sulfonamides is 1. The van der Waals surface area contributed by atoms with Crippen molar-refractivity contribution in [3.8, 4) is 11.8 Å². The zero-order valence-electron chi connectivity index (χ0n) is 14.3. The first-order chi connectivity index (χ1) is 12.5. The van der Waals surface area contributed by atoms with E-state index in [4.69, 9.17) is 9.47 Å². The maximum Gasteiger partial charge on any atom is 0.316 e. The van der Waals surface area contributed by atoms with E-state index < -0.39 is 15.8 Å². The Balaban J connectivity index is 1.55. The standard InChI is InChI=1S/C17H20FN3O4S/c1-24-15-3-2-4-16(9-15)26(22,23)21-13-5-7-14(8-6-13)25-17-19-10-12(18)11-20-17/h2-4,9-11,13-14,21H,5-8H2,1H3. The molecule has 3 rings (SSSR count). The van der Waals surface area contributed by atoms with Crippen LogP contribution in [0.15, 0.2) is 41.6 Å². The van der Waals surface area contributed by atoms with Crippen molar-refractivity contribution in [1.82, 2.24) is 14.7 Å². The quantitative estimate of drug-likeness (QED) is 0.826. The Morgan fingerprint density at radius 3 is 2.50 bits per heavy atom. The maximum atomic E-state index is 12.8. The van der Waals surface area contributed by atoms with Gasteiger partial charge in [0.25, 0.3) is 0 Å². The lowest BCUT2D eigenvalue weighted by atomic mass is 9.94. The summed E-state index contributed by atoms with van der Waals surface area (Å²) in [6, 6.07) is 6.32. The van der Waals surface area contributed by atoms with Gasteiger partial charge in [-0.05, 0) is 37.8 Å². The molecule has 0 radical (unpaired) electrons. The molecule has 26 heavy (non-hydrogen) atoms. The van der Waals surface area contributed by atoms with Crippen molar-refractivity contribution >= 4 is 10.0 Å². The van der Waals surface area contributed by atoms with Crippen LogP contribution in [0.4, 0.5) is 4.39 Å². The van der Waals surface area contributed by atoms with Gasteiger partial charge in [0, 0.05) is 12.1 Å². The van der Waals surface area contributed by atoms with Gasteiger partial charge in [-0.3, -0.25) is 0 Å². The molecule has 9 heteroatoms. The molecular formula is C17H20FN3O4S. The van der Waals surface area contributed by atoms with E-state index in [1.165, 1.54) is 19.2 Å². The third kappa shape index (κ3) is 4.67. The van der Waals surface area contributed by atoms with Crippen molar-refractivity contribution in [3.05, 3.63) is 42.5 Å². The number of hydrogen-bond acceptors (Lipinski definition) is 6. The smallest absolute Gasteiger partial charge is 0.316 e. The highest BCUT2D eigenvalue weighted by atomic mass is 32.2. The molecule has 0 unspecified atom stereocenters. The molecule has 1 N–H and O–H groups in total. The molecule has 1 aromatic carbocycles. The van der Waals surface area contributed by atoms with E-state index in [2.05, 4.69) is 14.7 Å². The average Bonchev–Trinajstić information content (AvgIpc) is 2.65. The Labute approximate surface area is 151 Å². The Hall–Kier alpha value is -2.26. The van der Waals surface area contributed by atoms with Crippen LogP contribution in [0.5, 0.6) is 11.8 Å². The van der Waals surface area contributed by atoms with Crippen molar-refractivity contribution in [3.63, 3.8) is 0 Å². The number of hydrogen-bond donors (Lipinski definition) is 1. The lowest BCUT2D eigenvalue weighted by Crippen LogP contribution is -2.39. The summed E-state index contributed by atoms with van der Waals surface area (Å²) < 4.78 is 51.3. The van der Waals surface area contributed by atoms with Gasteiger partial charge in [0.1, 0.15) is 11.9 Å². The minimum Gasteiger partial charge on any atom is -0.497 e. The van der Waals surface area contributed by atoms with Gasteiger partial charge in [-0.2, -0.15) is 0 Å². The number of benzene rings is 1. The van der Waals surface area contributed by atoms with Gasteiger partial charge >= 0.3 is 6.01 Å². The normalized spacial score (nSPS) is 20.5. The first-order valence-electron chi connectivity index (χ1n) is 8.27. The second-order valence-electron chi connectivity index (χ2n) is 6.08. The molecule has 1 aliphatic rings. The minimum absolute atomic E-state index is 0.113. The number of rotatable bonds is 6. The molecule has 0 aliphatic heterocycles. The fraction of sp³-hybridized carbons (Fsp3) is 0.412. The van der Waals surface area contributed by atoms with Crippen molar-refractivity contribution in [2.75, 3.05) is 7.11 Å². The number of nitrogens with zero attached hydrogens (tertiary/aromatic N) is 2. The highest BCUT2D eigenvalue weighted by molar-refractivity contribution is 7.89. The summed E-state index contributed by atoms with van der Waals surface area (Å²) >= 11 is 0. The number of halogens is 1. The molecular weight excluding hydrogens is 361 g/mol. The predicted molar refractivity (Wildman–Crippen MR) is 92.0 cm³/mol. The van der Waals surface area contributed by atoms with E-state index in [-0.39, 0.29) is 23.1 Å². The van der Waals surface area contributed by atoms with Crippen molar-refractivity contribution in [2.24, 2.45) is 0 Å². The molecule has 140 valence electrons. The number of nitrogens with one attached hydrogen (secondary N) is 1. The highest BCUT2D eigenvalue weighted by Gasteiger charge is 2.27. The maximum absolute atomic E-state index is 12.8. The fourth-order valence-electron chi connectivity index (χ4n) is 2.86. The molecule has 1 aliphatic carbocycles. The van der Waals surface area contributed by atoms with Crippen LogP contribution in [0.1, 0.15) is 25.7 Å². The van der Waals surface area contributed by atoms with Gasteiger partial charge < -0.3 is 9.47 Å². The number of aromatic nitrogens is 2. The van der Waals surface area contributed by atoms with Crippen molar-refractivity contribution in [1.29, 1.82) is 0 Å². The molecule has 1 saturated carbocycles. The van der Waals surface area contributed by atoms with E-state index in [1.807, 2.05) is 0 Å². The zero-order chi connectivity index (χ0) is 18.6. The van der Waals surface area contributed by atoms with E-state index in [9.17, 15) is 12.8 Å². The summed E-state index contributed by atoms with van der Waals surface area (Å²) in [5.41, 5.74) is 0. The lowest BCUT2D eigenvalue weighted by molar-refractivity contribution is 0.132. The molecule has 7 nitrogen and oxygen atoms in total. The second kappa shape index (κ2) is 7.96. The van der Waals surface area contributed by atoms with Crippen LogP contribution >= 0.6 is 0 Å². The highest BCUT2D eigenvalue weighted by Crippen LogP contribution is 2.24. The van der Waals surface area contributed by atoms with Crippen LogP contribution in [0.25, 0.3) is 0 Å². The van der Waals surface area contributed by atoms with Crippen molar-refractivity contribution < 1.29 is 22.3 Å². The average molecular weight is 381 g/mol. The van der Waals surface area contributed by atoms with Gasteiger partial charge in [-0.1, -0.05) is 6.07 Å². The molecule has 0 saturated heterocycles. The summed E-state index contributed by atoms with van der Waals surface area (Å²) in [6.07, 6.45) is 4.58. The summed E-state index contributed by atoms with van der Waals surface area (Å²) in [6.45, 7) is 0. The number of ether oxygens (including phenoxy) is 2. The van der Waals surface area contributed by atoms with Crippen molar-refractivity contribution in [2.45, 2.75) is 42.7 Å². The Morgan fingerprint density at radius 2 is 1.85 bits per heavy atom. The second-order valence-corrected chi connectivity index (χ2v) is 7.79. The molecule has 2 aromatic rings. The third-order valence-electron chi connectivity index (χ3n) is 4.22. The zero-order valence-corrected chi connectivity index (χ0v) is 15.1. The summed E-state index contributed by atoms with van der Waals surface area (Å²) in [7, 11) is -2.12. The third-order valence-corrected chi connectivity index (χ3v) is 5.73. The predicted octanol–water partition coefficient (Wildman–Crippen LogP) is 2.29. The Bertz CT molecular complexity index is 837. The largest absolute Gasteiger partial charge is 0.497 e. The summed E-state index contributed by atoms with van der Waals surface area (Å²) in [5.74, 6) is -0.0303. The monoisotopic (exact) mass is 381 g/mol. The molecule has 1 fully saturated rings. The molecule has 0 bridgehead atoms. The Morgan fingerprint density at radius 1 is 1.15 bits per heavy atom. The molecule has 1 heterocycles. The van der Waals surface area contributed by atoms with Crippen LogP contribution < -0.4 is 14.2 Å². The van der Waals surface area contributed by atoms with Gasteiger partial charge in [0.05, 0.1) is 24.4 Å². The molecule has 0 amide bonds. The van der Waals surface area contributed by atoms with Gasteiger partial charge in [-0.25, -0.2) is 27.5 Å². The minimum atomic E-state index is -3.61. The first-order valence-corrected chi connectivity index (χ1v) is 9.75. The van der Waals surface area contributed by atoms with Crippen LogP contribution in [0.3, 0.4) is 0 Å². The summed E-state index contributed by atoms with van der Waals surface area (Å²) in [4.78, 5) is 7.73. The summed E-state index contributed by atoms with van der Waals surface area (Å²) in [5, 5.41) is 0. The van der Waals surface area contributed by atoms with Crippen LogP contribution in [-0.2, 0) is 10.0 Å². The number of methoxy groups -OCH3 is 1. The van der Waals surface area contributed by atoms with E-state index >= 15 is 0 Å².